The van der Waals surface area contributed by atoms with Gasteiger partial charge in [-0.3, -0.25) is 19.3 Å². The van der Waals surface area contributed by atoms with Crippen molar-refractivity contribution in [2.75, 3.05) is 7.11 Å². The topological polar surface area (TPSA) is 72.9 Å². The molecule has 2 saturated heterocycles. The van der Waals surface area contributed by atoms with Crippen molar-refractivity contribution in [3.05, 3.63) is 71.8 Å². The summed E-state index contributed by atoms with van der Waals surface area (Å²) in [7, 11) is 1.27. The van der Waals surface area contributed by atoms with Gasteiger partial charge in [-0.1, -0.05) is 60.7 Å². The normalized spacial score (nSPS) is 25.3. The van der Waals surface area contributed by atoms with E-state index in [9.17, 15) is 14.4 Å². The predicted octanol–water partition coefficient (Wildman–Crippen LogP) is 3.29. The molecule has 0 saturated carbocycles. The number of carbonyl (C=O) groups excluding carboxylic acids is 3. The molecule has 2 heterocycles. The van der Waals surface area contributed by atoms with Crippen molar-refractivity contribution >= 4 is 17.7 Å². The number of hydrogen-bond donors (Lipinski definition) is 0. The maximum atomic E-state index is 13.2. The van der Waals surface area contributed by atoms with E-state index in [1.165, 1.54) is 7.11 Å². The van der Waals surface area contributed by atoms with E-state index < -0.39 is 17.4 Å². The van der Waals surface area contributed by atoms with E-state index in [0.29, 0.717) is 13.0 Å². The Kier molecular flexibility index (Phi) is 6.18. The minimum absolute atomic E-state index is 0.0795. The van der Waals surface area contributed by atoms with Crippen molar-refractivity contribution in [1.82, 2.24) is 4.90 Å². The van der Waals surface area contributed by atoms with E-state index in [0.717, 1.165) is 17.5 Å². The molecule has 6 heteroatoms. The van der Waals surface area contributed by atoms with Gasteiger partial charge in [0.15, 0.2) is 11.2 Å². The third-order valence-electron chi connectivity index (χ3n) is 6.55. The van der Waals surface area contributed by atoms with E-state index in [1.54, 1.807) is 0 Å². The number of rotatable bonds is 7. The molecule has 31 heavy (non-hydrogen) atoms. The summed E-state index contributed by atoms with van der Waals surface area (Å²) in [5.41, 5.74) is 0.438. The first-order valence-corrected chi connectivity index (χ1v) is 10.7. The van der Waals surface area contributed by atoms with Crippen LogP contribution in [0.25, 0.3) is 0 Å². The fraction of sp³-hybridized carbons (Fsp3) is 0.400. The number of ketones is 1. The van der Waals surface area contributed by atoms with Crippen molar-refractivity contribution in [2.45, 2.75) is 50.9 Å². The van der Waals surface area contributed by atoms with E-state index >= 15 is 0 Å². The number of nitrogens with zero attached hydrogens (tertiary/aromatic N) is 1. The summed E-state index contributed by atoms with van der Waals surface area (Å²) in [6.45, 7) is 0.730. The monoisotopic (exact) mass is 421 g/mol. The molecule has 0 spiro atoms. The lowest BCUT2D eigenvalue weighted by atomic mass is 9.70. The highest BCUT2D eigenvalue weighted by Gasteiger charge is 2.62. The molecule has 2 aromatic rings. The predicted molar refractivity (Wildman–Crippen MR) is 114 cm³/mol. The van der Waals surface area contributed by atoms with Gasteiger partial charge in [-0.25, -0.2) is 0 Å². The van der Waals surface area contributed by atoms with Gasteiger partial charge in [-0.2, -0.15) is 0 Å². The zero-order valence-corrected chi connectivity index (χ0v) is 17.7. The zero-order valence-electron chi connectivity index (χ0n) is 17.7. The standard InChI is InChI=1S/C25H27NO5/c1-30-24(29)25(15-23(28)31-17-19-10-6-3-7-11-19)21-13-12-20(14-22(25)27)26(21)16-18-8-4-2-5-9-18/h2-11,20-21H,12-17H2,1H3/t20-,21+,25+/m1/s1. The second-order valence-electron chi connectivity index (χ2n) is 8.32. The third kappa shape index (κ3) is 4.12. The molecule has 0 unspecified atom stereocenters. The van der Waals surface area contributed by atoms with Crippen LogP contribution in [-0.2, 0) is 37.0 Å². The van der Waals surface area contributed by atoms with Crippen LogP contribution in [-0.4, -0.2) is 41.8 Å². The maximum Gasteiger partial charge on any atom is 0.321 e. The van der Waals surface area contributed by atoms with Gasteiger partial charge >= 0.3 is 11.9 Å². The van der Waals surface area contributed by atoms with E-state index in [4.69, 9.17) is 9.47 Å². The molecular formula is C25H27NO5. The lowest BCUT2D eigenvalue weighted by Gasteiger charge is -2.45. The largest absolute Gasteiger partial charge is 0.468 e. The number of carbonyl (C=O) groups is 3. The van der Waals surface area contributed by atoms with Gasteiger partial charge in [0.2, 0.25) is 0 Å². The highest BCUT2D eigenvalue weighted by molar-refractivity contribution is 6.08. The molecule has 0 amide bonds. The first kappa shape index (κ1) is 21.2. The first-order valence-electron chi connectivity index (χ1n) is 10.7. The summed E-state index contributed by atoms with van der Waals surface area (Å²) in [4.78, 5) is 41.3. The van der Waals surface area contributed by atoms with Crippen molar-refractivity contribution in [3.8, 4) is 0 Å². The molecular weight excluding hydrogens is 394 g/mol. The van der Waals surface area contributed by atoms with Crippen LogP contribution in [0.3, 0.4) is 0 Å². The second-order valence-corrected chi connectivity index (χ2v) is 8.32. The van der Waals surface area contributed by atoms with Crippen LogP contribution in [0.15, 0.2) is 60.7 Å². The van der Waals surface area contributed by atoms with Crippen molar-refractivity contribution < 1.29 is 23.9 Å². The average Bonchev–Trinajstić information content (AvgIpc) is 3.11. The molecule has 2 aliphatic rings. The summed E-state index contributed by atoms with van der Waals surface area (Å²) >= 11 is 0. The molecule has 2 fully saturated rings. The SMILES string of the molecule is COC(=O)[C@]1(CC(=O)OCc2ccccc2)C(=O)C[C@H]2CC[C@@H]1N2Cc1ccccc1. The number of methoxy groups -OCH3 is 1. The van der Waals surface area contributed by atoms with Crippen LogP contribution in [0.2, 0.25) is 0 Å². The highest BCUT2D eigenvalue weighted by atomic mass is 16.5. The second kappa shape index (κ2) is 9.02. The molecule has 0 radical (unpaired) electrons. The minimum atomic E-state index is -1.52. The smallest absolute Gasteiger partial charge is 0.321 e. The lowest BCUT2D eigenvalue weighted by molar-refractivity contribution is -0.174. The van der Waals surface area contributed by atoms with Gasteiger partial charge in [0, 0.05) is 25.0 Å². The van der Waals surface area contributed by atoms with Crippen LogP contribution in [0.4, 0.5) is 0 Å². The summed E-state index contributed by atoms with van der Waals surface area (Å²) in [5.74, 6) is -1.42. The summed E-state index contributed by atoms with van der Waals surface area (Å²) in [6, 6.07) is 19.0. The zero-order chi connectivity index (χ0) is 21.8. The number of esters is 2. The van der Waals surface area contributed by atoms with Gasteiger partial charge in [0.1, 0.15) is 6.61 Å². The summed E-state index contributed by atoms with van der Waals surface area (Å²) in [5, 5.41) is 0. The number of Topliss-reactive ketones (excluding diaryl/α,β-unsaturated/α-hetero) is 1. The average molecular weight is 421 g/mol. The van der Waals surface area contributed by atoms with Crippen LogP contribution in [0, 0.1) is 5.41 Å². The Bertz CT molecular complexity index is 945. The Labute approximate surface area is 182 Å². The van der Waals surface area contributed by atoms with Gasteiger partial charge in [0.25, 0.3) is 0 Å². The van der Waals surface area contributed by atoms with Gasteiger partial charge in [-0.05, 0) is 24.0 Å². The van der Waals surface area contributed by atoms with Gasteiger partial charge in [0.05, 0.1) is 13.5 Å². The molecule has 3 atom stereocenters. The van der Waals surface area contributed by atoms with Crippen LogP contribution in [0.1, 0.15) is 36.8 Å². The van der Waals surface area contributed by atoms with Gasteiger partial charge in [-0.15, -0.1) is 0 Å². The fourth-order valence-corrected chi connectivity index (χ4v) is 5.04. The minimum Gasteiger partial charge on any atom is -0.468 e. The van der Waals surface area contributed by atoms with E-state index in [-0.39, 0.29) is 37.3 Å². The van der Waals surface area contributed by atoms with Crippen molar-refractivity contribution in [3.63, 3.8) is 0 Å². The first-order chi connectivity index (χ1) is 15.0. The Morgan fingerprint density at radius 2 is 1.65 bits per heavy atom. The molecule has 6 nitrogen and oxygen atoms in total. The molecule has 0 aromatic heterocycles. The van der Waals surface area contributed by atoms with E-state index in [1.807, 2.05) is 60.7 Å². The molecule has 0 aliphatic carbocycles. The lowest BCUT2D eigenvalue weighted by Crippen LogP contribution is -2.61. The van der Waals surface area contributed by atoms with Crippen LogP contribution in [0.5, 0.6) is 0 Å². The molecule has 4 rings (SSSR count). The molecule has 2 bridgehead atoms. The molecule has 2 aliphatic heterocycles. The van der Waals surface area contributed by atoms with Crippen LogP contribution >= 0.6 is 0 Å². The Morgan fingerprint density at radius 3 is 2.29 bits per heavy atom. The maximum absolute atomic E-state index is 13.2. The Balaban J connectivity index is 1.57. The van der Waals surface area contributed by atoms with Gasteiger partial charge < -0.3 is 9.47 Å². The number of piperidine rings is 1. The summed E-state index contributed by atoms with van der Waals surface area (Å²) in [6.07, 6.45) is 1.43. The highest BCUT2D eigenvalue weighted by Crippen LogP contribution is 2.48. The Hall–Kier alpha value is -2.99. The fourth-order valence-electron chi connectivity index (χ4n) is 5.04. The number of benzene rings is 2. The van der Waals surface area contributed by atoms with Crippen LogP contribution < -0.4 is 0 Å². The number of hydrogen-bond acceptors (Lipinski definition) is 6. The van der Waals surface area contributed by atoms with Crippen molar-refractivity contribution in [2.24, 2.45) is 5.41 Å². The molecule has 2 aromatic carbocycles. The quantitative estimate of drug-likeness (QED) is 0.505. The molecule has 0 N–H and O–H groups in total. The summed E-state index contributed by atoms with van der Waals surface area (Å²) < 4.78 is 10.5. The third-order valence-corrected chi connectivity index (χ3v) is 6.55. The van der Waals surface area contributed by atoms with E-state index in [2.05, 4.69) is 4.90 Å². The number of fused-ring (bicyclic) bond motifs is 2. The van der Waals surface area contributed by atoms with Crippen molar-refractivity contribution in [1.29, 1.82) is 0 Å². The number of ether oxygens (including phenoxy) is 2. The molecule has 162 valence electrons. The Morgan fingerprint density at radius 1 is 1.00 bits per heavy atom.